The van der Waals surface area contributed by atoms with Gasteiger partial charge in [0.15, 0.2) is 0 Å². The van der Waals surface area contributed by atoms with Gasteiger partial charge >= 0.3 is 0 Å². The lowest BCUT2D eigenvalue weighted by Crippen LogP contribution is -2.28. The number of rotatable bonds is 3. The van der Waals surface area contributed by atoms with Crippen LogP contribution in [0.3, 0.4) is 0 Å². The Labute approximate surface area is 150 Å². The van der Waals surface area contributed by atoms with E-state index in [1.54, 1.807) is 7.11 Å². The molecular weight excluding hydrogens is 332 g/mol. The molecule has 5 heteroatoms. The highest BCUT2D eigenvalue weighted by molar-refractivity contribution is 7.17. The van der Waals surface area contributed by atoms with Gasteiger partial charge in [-0.2, -0.15) is 0 Å². The van der Waals surface area contributed by atoms with Crippen molar-refractivity contribution >= 4 is 22.9 Å². The Bertz CT molecular complexity index is 948. The number of hydrogen-bond acceptors (Lipinski definition) is 4. The molecule has 0 saturated carbocycles. The van der Waals surface area contributed by atoms with Crippen LogP contribution in [-0.2, 0) is 6.42 Å². The number of aryl methyl sites for hydroxylation is 1. The Hall–Kier alpha value is -2.66. The van der Waals surface area contributed by atoms with Crippen molar-refractivity contribution in [3.63, 3.8) is 0 Å². The average Bonchev–Trinajstić information content (AvgIpc) is 3.25. The Morgan fingerprint density at radius 2 is 2.04 bits per heavy atom. The van der Waals surface area contributed by atoms with Gasteiger partial charge in [0.1, 0.15) is 15.6 Å². The lowest BCUT2D eigenvalue weighted by atomic mass is 10.2. The summed E-state index contributed by atoms with van der Waals surface area (Å²) < 4.78 is 5.28. The molecule has 0 atom stereocenters. The molecule has 1 aliphatic rings. The van der Waals surface area contributed by atoms with Crippen LogP contribution >= 0.6 is 11.3 Å². The van der Waals surface area contributed by atoms with Gasteiger partial charge in [-0.1, -0.05) is 30.3 Å². The van der Waals surface area contributed by atoms with E-state index in [1.807, 2.05) is 54.3 Å². The van der Waals surface area contributed by atoms with Crippen LogP contribution in [0.5, 0.6) is 5.75 Å². The van der Waals surface area contributed by atoms with Gasteiger partial charge in [0.25, 0.3) is 5.91 Å². The molecule has 0 bridgehead atoms. The summed E-state index contributed by atoms with van der Waals surface area (Å²) in [5, 5.41) is 0.840. The molecule has 0 radical (unpaired) electrons. The minimum atomic E-state index is 0.0362. The predicted molar refractivity (Wildman–Crippen MR) is 101 cm³/mol. The number of fused-ring (bicyclic) bond motifs is 1. The third-order valence-corrected chi connectivity index (χ3v) is 5.63. The first-order valence-corrected chi connectivity index (χ1v) is 9.00. The Morgan fingerprint density at radius 3 is 2.88 bits per heavy atom. The molecule has 0 fully saturated rings. The van der Waals surface area contributed by atoms with E-state index in [9.17, 15) is 4.79 Å². The molecule has 0 saturated heterocycles. The first kappa shape index (κ1) is 15.8. The number of carbonyl (C=O) groups is 1. The minimum absolute atomic E-state index is 0.0362. The summed E-state index contributed by atoms with van der Waals surface area (Å²) in [5.41, 5.74) is 3.99. The Balaban J connectivity index is 1.68. The molecule has 1 amide bonds. The normalized spacial score (nSPS) is 13.0. The first-order chi connectivity index (χ1) is 12.2. The largest absolute Gasteiger partial charge is 0.497 e. The van der Waals surface area contributed by atoms with Gasteiger partial charge in [0.2, 0.25) is 0 Å². The molecule has 4 nitrogen and oxygen atoms in total. The number of methoxy groups -OCH3 is 1. The summed E-state index contributed by atoms with van der Waals surface area (Å²) in [6.45, 7) is 2.62. The summed E-state index contributed by atoms with van der Waals surface area (Å²) in [7, 11) is 1.64. The first-order valence-electron chi connectivity index (χ1n) is 8.19. The summed E-state index contributed by atoms with van der Waals surface area (Å²) in [5.74, 6) is 0.820. The molecule has 126 valence electrons. The van der Waals surface area contributed by atoms with Crippen LogP contribution in [0.4, 0.5) is 5.69 Å². The van der Waals surface area contributed by atoms with Crippen LogP contribution in [-0.4, -0.2) is 24.5 Å². The van der Waals surface area contributed by atoms with Crippen molar-refractivity contribution in [3.05, 3.63) is 64.7 Å². The summed E-state index contributed by atoms with van der Waals surface area (Å²) in [6, 6.07) is 15.9. The third-order valence-electron chi connectivity index (χ3n) is 4.44. The molecule has 0 aliphatic carbocycles. The number of nitrogens with zero attached hydrogens (tertiary/aromatic N) is 2. The van der Waals surface area contributed by atoms with Crippen molar-refractivity contribution in [2.75, 3.05) is 18.6 Å². The zero-order valence-electron chi connectivity index (χ0n) is 14.2. The van der Waals surface area contributed by atoms with Crippen LogP contribution in [0.1, 0.15) is 20.9 Å². The van der Waals surface area contributed by atoms with Crippen LogP contribution in [0, 0.1) is 6.92 Å². The molecule has 2 aromatic carbocycles. The number of amides is 1. The quantitative estimate of drug-likeness (QED) is 0.706. The van der Waals surface area contributed by atoms with Crippen molar-refractivity contribution in [3.8, 4) is 16.3 Å². The maximum Gasteiger partial charge on any atom is 0.270 e. The number of thiazole rings is 1. The smallest absolute Gasteiger partial charge is 0.270 e. The molecular formula is C20H18N2O2S. The summed E-state index contributed by atoms with van der Waals surface area (Å²) in [4.78, 5) is 20.3. The summed E-state index contributed by atoms with van der Waals surface area (Å²) >= 11 is 1.44. The Kier molecular flexibility index (Phi) is 4.01. The van der Waals surface area contributed by atoms with Crippen molar-refractivity contribution in [2.24, 2.45) is 0 Å². The van der Waals surface area contributed by atoms with Gasteiger partial charge < -0.3 is 9.64 Å². The van der Waals surface area contributed by atoms with Gasteiger partial charge in [-0.25, -0.2) is 4.98 Å². The monoisotopic (exact) mass is 350 g/mol. The van der Waals surface area contributed by atoms with E-state index in [-0.39, 0.29) is 5.91 Å². The maximum absolute atomic E-state index is 13.1. The number of carbonyl (C=O) groups excluding carboxylic acids is 1. The number of anilines is 1. The number of ether oxygens (including phenoxy) is 1. The number of hydrogen-bond donors (Lipinski definition) is 0. The van der Waals surface area contributed by atoms with Crippen molar-refractivity contribution in [2.45, 2.75) is 13.3 Å². The number of benzene rings is 2. The fourth-order valence-corrected chi connectivity index (χ4v) is 4.16. The average molecular weight is 350 g/mol. The zero-order valence-corrected chi connectivity index (χ0v) is 15.0. The predicted octanol–water partition coefficient (Wildman–Crippen LogP) is 4.33. The third kappa shape index (κ3) is 2.81. The van der Waals surface area contributed by atoms with E-state index < -0.39 is 0 Å². The fraction of sp³-hybridized carbons (Fsp3) is 0.200. The second-order valence-electron chi connectivity index (χ2n) is 6.00. The van der Waals surface area contributed by atoms with Gasteiger partial charge in [-0.3, -0.25) is 4.79 Å². The van der Waals surface area contributed by atoms with E-state index in [2.05, 4.69) is 11.1 Å². The van der Waals surface area contributed by atoms with Crippen molar-refractivity contribution in [1.29, 1.82) is 0 Å². The standard InChI is InChI=1S/C20H18N2O2S/c1-13-18(20(23)22-11-10-14-6-3-4-9-17(14)22)25-19(21-13)15-7-5-8-16(12-15)24-2/h3-9,12H,10-11H2,1-2H3. The van der Waals surface area contributed by atoms with E-state index in [0.717, 1.165) is 40.7 Å². The zero-order chi connectivity index (χ0) is 17.4. The molecule has 2 heterocycles. The lowest BCUT2D eigenvalue weighted by Gasteiger charge is -2.16. The topological polar surface area (TPSA) is 42.4 Å². The van der Waals surface area contributed by atoms with E-state index in [0.29, 0.717) is 4.88 Å². The molecule has 1 aliphatic heterocycles. The van der Waals surface area contributed by atoms with E-state index in [4.69, 9.17) is 4.74 Å². The van der Waals surface area contributed by atoms with Crippen molar-refractivity contribution < 1.29 is 9.53 Å². The number of aromatic nitrogens is 1. The fourth-order valence-electron chi connectivity index (χ4n) is 3.15. The SMILES string of the molecule is COc1cccc(-c2nc(C)c(C(=O)N3CCc4ccccc43)s2)c1. The molecule has 0 N–H and O–H groups in total. The molecule has 4 rings (SSSR count). The van der Waals surface area contributed by atoms with Crippen LogP contribution in [0.25, 0.3) is 10.6 Å². The molecule has 0 spiro atoms. The van der Waals surface area contributed by atoms with Crippen LogP contribution < -0.4 is 9.64 Å². The lowest BCUT2D eigenvalue weighted by molar-refractivity contribution is 0.0992. The van der Waals surface area contributed by atoms with Gasteiger partial charge in [-0.15, -0.1) is 11.3 Å². The van der Waals surface area contributed by atoms with Gasteiger partial charge in [-0.05, 0) is 37.1 Å². The highest BCUT2D eigenvalue weighted by Gasteiger charge is 2.28. The summed E-state index contributed by atoms with van der Waals surface area (Å²) in [6.07, 6.45) is 0.905. The van der Waals surface area contributed by atoms with Gasteiger partial charge in [0, 0.05) is 17.8 Å². The second kappa shape index (κ2) is 6.33. The van der Waals surface area contributed by atoms with E-state index >= 15 is 0 Å². The molecule has 3 aromatic rings. The van der Waals surface area contributed by atoms with Crippen LogP contribution in [0.15, 0.2) is 48.5 Å². The van der Waals surface area contributed by atoms with Crippen molar-refractivity contribution in [1.82, 2.24) is 4.98 Å². The minimum Gasteiger partial charge on any atom is -0.497 e. The van der Waals surface area contributed by atoms with Crippen LogP contribution in [0.2, 0.25) is 0 Å². The number of para-hydroxylation sites is 1. The maximum atomic E-state index is 13.1. The van der Waals surface area contributed by atoms with E-state index in [1.165, 1.54) is 16.9 Å². The molecule has 1 aromatic heterocycles. The second-order valence-corrected chi connectivity index (χ2v) is 7.00. The highest BCUT2D eigenvalue weighted by atomic mass is 32.1. The molecule has 25 heavy (non-hydrogen) atoms. The molecule has 0 unspecified atom stereocenters. The Morgan fingerprint density at radius 1 is 1.20 bits per heavy atom. The van der Waals surface area contributed by atoms with Gasteiger partial charge in [0.05, 0.1) is 12.8 Å². The highest BCUT2D eigenvalue weighted by Crippen LogP contribution is 2.34.